The lowest BCUT2D eigenvalue weighted by molar-refractivity contribution is -0.118. The van der Waals surface area contributed by atoms with Crippen molar-refractivity contribution >= 4 is 23.9 Å². The molecular weight excluding hydrogens is 450 g/mol. The molecule has 172 valence electrons. The molecule has 0 saturated carbocycles. The monoisotopic (exact) mass is 473 g/mol. The van der Waals surface area contributed by atoms with Crippen LogP contribution in [-0.2, 0) is 4.79 Å². The maximum atomic E-state index is 12.4. The number of benzene rings is 3. The first-order chi connectivity index (χ1) is 16.5. The number of hydrazone groups is 1. The first-order valence-electron chi connectivity index (χ1n) is 10.4. The molecule has 0 aliphatic rings. The van der Waals surface area contributed by atoms with Gasteiger partial charge in [0, 0.05) is 16.8 Å². The highest BCUT2D eigenvalue weighted by Gasteiger charge is 2.17. The highest BCUT2D eigenvalue weighted by atomic mass is 32.2. The number of para-hydroxylation sites is 1. The van der Waals surface area contributed by atoms with Gasteiger partial charge in [0.25, 0.3) is 5.91 Å². The molecule has 0 unspecified atom stereocenters. The van der Waals surface area contributed by atoms with Crippen molar-refractivity contribution in [1.82, 2.24) is 20.2 Å². The van der Waals surface area contributed by atoms with E-state index < -0.39 is 0 Å². The van der Waals surface area contributed by atoms with Gasteiger partial charge in [0.1, 0.15) is 11.5 Å². The van der Waals surface area contributed by atoms with Gasteiger partial charge >= 0.3 is 0 Å². The van der Waals surface area contributed by atoms with Gasteiger partial charge in [0.2, 0.25) is 0 Å². The fourth-order valence-electron chi connectivity index (χ4n) is 3.15. The van der Waals surface area contributed by atoms with Crippen LogP contribution in [-0.4, -0.2) is 44.9 Å². The lowest BCUT2D eigenvalue weighted by Gasteiger charge is -2.11. The van der Waals surface area contributed by atoms with E-state index in [-0.39, 0.29) is 17.4 Å². The normalized spacial score (nSPS) is 11.0. The van der Waals surface area contributed by atoms with Gasteiger partial charge in [-0.2, -0.15) is 5.10 Å². The molecule has 34 heavy (non-hydrogen) atoms. The molecule has 9 heteroatoms. The number of rotatable bonds is 8. The van der Waals surface area contributed by atoms with E-state index in [2.05, 4.69) is 20.7 Å². The zero-order valence-corrected chi connectivity index (χ0v) is 19.5. The van der Waals surface area contributed by atoms with Crippen molar-refractivity contribution in [2.45, 2.75) is 12.1 Å². The molecule has 0 radical (unpaired) electrons. The molecule has 0 spiro atoms. The average Bonchev–Trinajstić information content (AvgIpc) is 3.28. The van der Waals surface area contributed by atoms with Crippen molar-refractivity contribution in [2.75, 3.05) is 12.9 Å². The molecule has 0 aliphatic heterocycles. The smallest absolute Gasteiger partial charge is 0.250 e. The van der Waals surface area contributed by atoms with Gasteiger partial charge in [-0.15, -0.1) is 10.2 Å². The van der Waals surface area contributed by atoms with E-state index in [0.29, 0.717) is 16.5 Å². The van der Waals surface area contributed by atoms with E-state index in [0.717, 1.165) is 22.6 Å². The number of thioether (sulfide) groups is 1. The van der Waals surface area contributed by atoms with E-state index in [1.165, 1.54) is 18.0 Å². The van der Waals surface area contributed by atoms with Gasteiger partial charge in [-0.05, 0) is 55.5 Å². The number of carbonyl (C=O) groups is 1. The van der Waals surface area contributed by atoms with Crippen molar-refractivity contribution in [1.29, 1.82) is 0 Å². The molecule has 3 aromatic carbocycles. The highest BCUT2D eigenvalue weighted by molar-refractivity contribution is 7.99. The molecule has 0 atom stereocenters. The fourth-order valence-corrected chi connectivity index (χ4v) is 3.89. The Morgan fingerprint density at radius 2 is 1.82 bits per heavy atom. The lowest BCUT2D eigenvalue weighted by Crippen LogP contribution is -2.20. The number of phenolic OH excluding ortho intramolecular Hbond substituents is 1. The number of methoxy groups -OCH3 is 1. The van der Waals surface area contributed by atoms with Gasteiger partial charge in [0.15, 0.2) is 11.0 Å². The summed E-state index contributed by atoms with van der Waals surface area (Å²) >= 11 is 1.26. The molecule has 0 bridgehead atoms. The van der Waals surface area contributed by atoms with E-state index in [1.54, 1.807) is 31.4 Å². The molecule has 1 amide bonds. The SMILES string of the molecule is COc1ccc(-c2nnc(SCC(=O)NN=Cc3ccccc3O)n2-c2ccc(C)cc2)cc1. The minimum absolute atomic E-state index is 0.0880. The first kappa shape index (κ1) is 23.1. The Bertz CT molecular complexity index is 1300. The minimum atomic E-state index is -0.305. The number of aryl methyl sites for hydroxylation is 1. The van der Waals surface area contributed by atoms with Crippen LogP contribution in [0.1, 0.15) is 11.1 Å². The van der Waals surface area contributed by atoms with Crippen LogP contribution in [0.4, 0.5) is 0 Å². The number of hydrogen-bond acceptors (Lipinski definition) is 7. The Labute approximate surface area is 201 Å². The summed E-state index contributed by atoms with van der Waals surface area (Å²) < 4.78 is 7.17. The van der Waals surface area contributed by atoms with E-state index in [4.69, 9.17) is 4.74 Å². The van der Waals surface area contributed by atoms with Crippen LogP contribution in [0.15, 0.2) is 83.1 Å². The third kappa shape index (κ3) is 5.44. The number of hydrogen-bond donors (Lipinski definition) is 2. The second-order valence-corrected chi connectivity index (χ2v) is 8.29. The lowest BCUT2D eigenvalue weighted by atomic mass is 10.2. The van der Waals surface area contributed by atoms with Gasteiger partial charge in [-0.1, -0.05) is 41.6 Å². The molecule has 8 nitrogen and oxygen atoms in total. The molecule has 0 fully saturated rings. The number of carbonyl (C=O) groups excluding carboxylic acids is 1. The minimum Gasteiger partial charge on any atom is -0.507 e. The molecule has 4 rings (SSSR count). The van der Waals surface area contributed by atoms with Crippen molar-refractivity contribution in [3.8, 4) is 28.6 Å². The van der Waals surface area contributed by atoms with Crippen molar-refractivity contribution in [3.63, 3.8) is 0 Å². The summed E-state index contributed by atoms with van der Waals surface area (Å²) in [6.07, 6.45) is 1.40. The third-order valence-electron chi connectivity index (χ3n) is 4.94. The summed E-state index contributed by atoms with van der Waals surface area (Å²) in [7, 11) is 1.62. The number of aromatic hydroxyl groups is 1. The Balaban J connectivity index is 1.53. The predicted molar refractivity (Wildman–Crippen MR) is 133 cm³/mol. The van der Waals surface area contributed by atoms with Crippen LogP contribution in [0, 0.1) is 6.92 Å². The van der Waals surface area contributed by atoms with Gasteiger partial charge < -0.3 is 9.84 Å². The topological polar surface area (TPSA) is 102 Å². The van der Waals surface area contributed by atoms with Gasteiger partial charge in [-0.3, -0.25) is 9.36 Å². The molecule has 1 heterocycles. The van der Waals surface area contributed by atoms with Crippen molar-refractivity contribution < 1.29 is 14.6 Å². The van der Waals surface area contributed by atoms with Crippen LogP contribution in [0.2, 0.25) is 0 Å². The van der Waals surface area contributed by atoms with Crippen LogP contribution in [0.5, 0.6) is 11.5 Å². The molecule has 4 aromatic rings. The Kier molecular flexibility index (Phi) is 7.24. The van der Waals surface area contributed by atoms with Crippen LogP contribution in [0.3, 0.4) is 0 Å². The van der Waals surface area contributed by atoms with E-state index in [9.17, 15) is 9.90 Å². The van der Waals surface area contributed by atoms with Crippen LogP contribution < -0.4 is 10.2 Å². The van der Waals surface area contributed by atoms with Crippen molar-refractivity contribution in [3.05, 3.63) is 83.9 Å². The molecule has 2 N–H and O–H groups in total. The second-order valence-electron chi connectivity index (χ2n) is 7.35. The maximum Gasteiger partial charge on any atom is 0.250 e. The third-order valence-corrected chi connectivity index (χ3v) is 5.86. The average molecular weight is 474 g/mol. The zero-order valence-electron chi connectivity index (χ0n) is 18.7. The summed E-state index contributed by atoms with van der Waals surface area (Å²) in [5.41, 5.74) is 5.89. The van der Waals surface area contributed by atoms with Crippen molar-refractivity contribution in [2.24, 2.45) is 5.10 Å². The first-order valence-corrected chi connectivity index (χ1v) is 11.4. The number of phenols is 1. The number of nitrogens with one attached hydrogen (secondary N) is 1. The standard InChI is InChI=1S/C25H23N5O3S/c1-17-7-11-20(12-8-17)30-24(18-9-13-21(33-2)14-10-18)28-29-25(30)34-16-23(32)27-26-15-19-5-3-4-6-22(19)31/h3-15,31H,16H2,1-2H3,(H,27,32). The van der Waals surface area contributed by atoms with Crippen LogP contribution in [0.25, 0.3) is 17.1 Å². The van der Waals surface area contributed by atoms with E-state index >= 15 is 0 Å². The summed E-state index contributed by atoms with van der Waals surface area (Å²) in [5.74, 6) is 1.28. The summed E-state index contributed by atoms with van der Waals surface area (Å²) in [4.78, 5) is 12.4. The summed E-state index contributed by atoms with van der Waals surface area (Å²) in [6, 6.07) is 22.3. The molecule has 0 aliphatic carbocycles. The predicted octanol–water partition coefficient (Wildman–Crippen LogP) is 4.20. The quantitative estimate of drug-likeness (QED) is 0.226. The highest BCUT2D eigenvalue weighted by Crippen LogP contribution is 2.29. The molecule has 1 aromatic heterocycles. The van der Waals surface area contributed by atoms with Gasteiger partial charge in [-0.25, -0.2) is 5.43 Å². The van der Waals surface area contributed by atoms with Crippen LogP contribution >= 0.6 is 11.8 Å². The Hall–Kier alpha value is -4.11. The molecule has 0 saturated heterocycles. The maximum absolute atomic E-state index is 12.4. The number of amides is 1. The van der Waals surface area contributed by atoms with Gasteiger partial charge in [0.05, 0.1) is 19.1 Å². The summed E-state index contributed by atoms with van der Waals surface area (Å²) in [6.45, 7) is 2.02. The van der Waals surface area contributed by atoms with E-state index in [1.807, 2.05) is 60.0 Å². The second kappa shape index (κ2) is 10.7. The largest absolute Gasteiger partial charge is 0.507 e. The Morgan fingerprint density at radius 3 is 2.53 bits per heavy atom. The fraction of sp³-hybridized carbons (Fsp3) is 0.120. The summed E-state index contributed by atoms with van der Waals surface area (Å²) in [5, 5.41) is 23.0. The Morgan fingerprint density at radius 1 is 1.09 bits per heavy atom. The number of aromatic nitrogens is 3. The molecular formula is C25H23N5O3S. The number of ether oxygens (including phenoxy) is 1. The zero-order chi connectivity index (χ0) is 23.9. The number of nitrogens with zero attached hydrogens (tertiary/aromatic N) is 4.